The zero-order valence-corrected chi connectivity index (χ0v) is 19.7. The minimum atomic E-state index is -0.430. The monoisotopic (exact) mass is 462 g/mol. The molecule has 2 aromatic carbocycles. The van der Waals surface area contributed by atoms with E-state index < -0.39 is 5.92 Å². The lowest BCUT2D eigenvalue weighted by Gasteiger charge is -2.24. The number of aromatic nitrogens is 2. The molecule has 0 saturated carbocycles. The number of hydrogen-bond acceptors (Lipinski definition) is 7. The van der Waals surface area contributed by atoms with Gasteiger partial charge in [0.05, 0.1) is 30.9 Å². The molecule has 0 bridgehead atoms. The first-order valence-corrected chi connectivity index (χ1v) is 11.7. The van der Waals surface area contributed by atoms with E-state index >= 15 is 0 Å². The van der Waals surface area contributed by atoms with E-state index in [0.29, 0.717) is 35.3 Å². The van der Waals surface area contributed by atoms with Crippen molar-refractivity contribution >= 4 is 11.8 Å². The fourth-order valence-electron chi connectivity index (χ4n) is 3.74. The Bertz CT molecular complexity index is 1210. The van der Waals surface area contributed by atoms with Crippen molar-refractivity contribution in [3.8, 4) is 23.4 Å². The van der Waals surface area contributed by atoms with Gasteiger partial charge in [-0.15, -0.1) is 16.9 Å². The van der Waals surface area contributed by atoms with E-state index in [0.717, 1.165) is 28.1 Å². The highest BCUT2D eigenvalue weighted by molar-refractivity contribution is 7.98. The lowest BCUT2D eigenvalue weighted by atomic mass is 9.84. The first kappa shape index (κ1) is 22.6. The van der Waals surface area contributed by atoms with Gasteiger partial charge in [0.25, 0.3) is 0 Å². The number of H-pyrrole nitrogens is 1. The molecule has 0 radical (unpaired) electrons. The number of methoxy groups -OCH3 is 1. The Morgan fingerprint density at radius 2 is 2.00 bits per heavy atom. The standard InChI is InChI=1S/C25H26N4O3S/c1-4-11-31-20-10-7-16(12-21(20)30-3)22-18(13-26)24(27)32-25-23(22)19(28-29-25)14-33-17-8-5-15(2)6-9-17/h5-10,12,22H,4,11,14,27H2,1-3H3,(H,28,29). The molecule has 8 heteroatoms. The Hall–Kier alpha value is -3.57. The number of ether oxygens (including phenoxy) is 3. The third-order valence-electron chi connectivity index (χ3n) is 5.40. The van der Waals surface area contributed by atoms with Crippen LogP contribution in [0.2, 0.25) is 0 Å². The first-order chi connectivity index (χ1) is 16.0. The Kier molecular flexibility index (Phi) is 6.80. The summed E-state index contributed by atoms with van der Waals surface area (Å²) in [5.41, 5.74) is 10.2. The van der Waals surface area contributed by atoms with Gasteiger partial charge in [-0.05, 0) is 43.2 Å². The molecular formula is C25H26N4O3S. The van der Waals surface area contributed by atoms with Gasteiger partial charge < -0.3 is 19.9 Å². The molecule has 1 aromatic heterocycles. The molecule has 4 rings (SSSR count). The molecule has 1 atom stereocenters. The summed E-state index contributed by atoms with van der Waals surface area (Å²) in [6, 6.07) is 16.3. The van der Waals surface area contributed by atoms with Gasteiger partial charge in [0.15, 0.2) is 11.5 Å². The molecule has 0 fully saturated rings. The van der Waals surface area contributed by atoms with Crippen molar-refractivity contribution in [2.75, 3.05) is 13.7 Å². The number of nitrogens with one attached hydrogen (secondary N) is 1. The van der Waals surface area contributed by atoms with Crippen LogP contribution in [0.15, 0.2) is 58.8 Å². The number of aryl methyl sites for hydroxylation is 1. The van der Waals surface area contributed by atoms with Crippen LogP contribution in [0.3, 0.4) is 0 Å². The van der Waals surface area contributed by atoms with Gasteiger partial charge in [-0.1, -0.05) is 30.7 Å². The topological polar surface area (TPSA) is 106 Å². The molecule has 1 aliphatic rings. The normalized spacial score (nSPS) is 14.9. The predicted octanol–water partition coefficient (Wildman–Crippen LogP) is 5.03. The number of hydrogen-bond donors (Lipinski definition) is 2. The van der Waals surface area contributed by atoms with Crippen molar-refractivity contribution in [1.82, 2.24) is 10.2 Å². The summed E-state index contributed by atoms with van der Waals surface area (Å²) in [6.07, 6.45) is 0.892. The number of benzene rings is 2. The van der Waals surface area contributed by atoms with Gasteiger partial charge in [0, 0.05) is 10.6 Å². The number of rotatable bonds is 8. The highest BCUT2D eigenvalue weighted by atomic mass is 32.2. The highest BCUT2D eigenvalue weighted by Gasteiger charge is 2.35. The van der Waals surface area contributed by atoms with Crippen LogP contribution in [0.5, 0.6) is 17.4 Å². The fraction of sp³-hybridized carbons (Fsp3) is 0.280. The molecule has 3 N–H and O–H groups in total. The molecule has 0 saturated heterocycles. The van der Waals surface area contributed by atoms with Crippen LogP contribution >= 0.6 is 11.8 Å². The maximum atomic E-state index is 9.92. The van der Waals surface area contributed by atoms with Gasteiger partial charge in [-0.3, -0.25) is 5.10 Å². The van der Waals surface area contributed by atoms with Crippen molar-refractivity contribution in [3.05, 3.63) is 76.3 Å². The van der Waals surface area contributed by atoms with Gasteiger partial charge in [-0.25, -0.2) is 0 Å². The summed E-state index contributed by atoms with van der Waals surface area (Å²) in [6.45, 7) is 4.70. The van der Waals surface area contributed by atoms with Crippen LogP contribution in [0.4, 0.5) is 0 Å². The summed E-state index contributed by atoms with van der Waals surface area (Å²) in [5.74, 6) is 1.92. The van der Waals surface area contributed by atoms with Crippen LogP contribution in [0.1, 0.15) is 41.6 Å². The molecule has 170 valence electrons. The molecule has 3 aromatic rings. The van der Waals surface area contributed by atoms with E-state index in [-0.39, 0.29) is 5.88 Å². The van der Waals surface area contributed by atoms with Gasteiger partial charge in [-0.2, -0.15) is 5.26 Å². The second kappa shape index (κ2) is 9.92. The maximum Gasteiger partial charge on any atom is 0.244 e. The Balaban J connectivity index is 1.72. The smallest absolute Gasteiger partial charge is 0.244 e. The minimum absolute atomic E-state index is 0.0597. The number of nitriles is 1. The Morgan fingerprint density at radius 1 is 1.21 bits per heavy atom. The third kappa shape index (κ3) is 4.64. The van der Waals surface area contributed by atoms with Crippen LogP contribution in [-0.4, -0.2) is 23.9 Å². The van der Waals surface area contributed by atoms with Crippen molar-refractivity contribution in [1.29, 1.82) is 5.26 Å². The van der Waals surface area contributed by atoms with Crippen molar-refractivity contribution in [3.63, 3.8) is 0 Å². The van der Waals surface area contributed by atoms with E-state index in [4.69, 9.17) is 19.9 Å². The molecule has 0 amide bonds. The molecule has 2 heterocycles. The Labute approximate surface area is 197 Å². The summed E-state index contributed by atoms with van der Waals surface area (Å²) < 4.78 is 17.1. The largest absolute Gasteiger partial charge is 0.493 e. The summed E-state index contributed by atoms with van der Waals surface area (Å²) in [5, 5.41) is 17.3. The zero-order chi connectivity index (χ0) is 23.4. The number of allylic oxidation sites excluding steroid dienone is 1. The second-order valence-electron chi connectivity index (χ2n) is 7.71. The molecule has 0 spiro atoms. The average Bonchev–Trinajstić information content (AvgIpc) is 3.23. The van der Waals surface area contributed by atoms with Gasteiger partial charge >= 0.3 is 0 Å². The number of nitrogens with two attached hydrogens (primary N) is 1. The quantitative estimate of drug-likeness (QED) is 0.452. The molecular weight excluding hydrogens is 436 g/mol. The van der Waals surface area contributed by atoms with Crippen LogP contribution in [-0.2, 0) is 5.75 Å². The second-order valence-corrected chi connectivity index (χ2v) is 8.76. The van der Waals surface area contributed by atoms with Crippen LogP contribution < -0.4 is 19.9 Å². The van der Waals surface area contributed by atoms with E-state index in [2.05, 4.69) is 47.5 Å². The lowest BCUT2D eigenvalue weighted by molar-refractivity contribution is 0.294. The van der Waals surface area contributed by atoms with Gasteiger partial charge in [0.2, 0.25) is 11.8 Å². The highest BCUT2D eigenvalue weighted by Crippen LogP contribution is 2.45. The van der Waals surface area contributed by atoms with Crippen LogP contribution in [0.25, 0.3) is 0 Å². The van der Waals surface area contributed by atoms with Crippen molar-refractivity contribution in [2.45, 2.75) is 36.8 Å². The third-order valence-corrected chi connectivity index (χ3v) is 6.44. The molecule has 0 aliphatic carbocycles. The Morgan fingerprint density at radius 3 is 2.70 bits per heavy atom. The summed E-state index contributed by atoms with van der Waals surface area (Å²) in [4.78, 5) is 1.15. The average molecular weight is 463 g/mol. The number of fused-ring (bicyclic) bond motifs is 1. The predicted molar refractivity (Wildman–Crippen MR) is 127 cm³/mol. The van der Waals surface area contributed by atoms with E-state index in [9.17, 15) is 5.26 Å². The van der Waals surface area contributed by atoms with E-state index in [1.165, 1.54) is 5.56 Å². The lowest BCUT2D eigenvalue weighted by Crippen LogP contribution is -2.21. The van der Waals surface area contributed by atoms with E-state index in [1.54, 1.807) is 18.9 Å². The van der Waals surface area contributed by atoms with Crippen molar-refractivity contribution in [2.24, 2.45) is 5.73 Å². The maximum absolute atomic E-state index is 9.92. The van der Waals surface area contributed by atoms with E-state index in [1.807, 2.05) is 25.1 Å². The molecule has 33 heavy (non-hydrogen) atoms. The summed E-state index contributed by atoms with van der Waals surface area (Å²) >= 11 is 1.68. The number of aromatic amines is 1. The molecule has 1 aliphatic heterocycles. The van der Waals surface area contributed by atoms with Crippen LogP contribution in [0, 0.1) is 18.3 Å². The zero-order valence-electron chi connectivity index (χ0n) is 18.8. The summed E-state index contributed by atoms with van der Waals surface area (Å²) in [7, 11) is 1.60. The fourth-order valence-corrected chi connectivity index (χ4v) is 4.60. The molecule has 7 nitrogen and oxygen atoms in total. The first-order valence-electron chi connectivity index (χ1n) is 10.7. The minimum Gasteiger partial charge on any atom is -0.493 e. The number of nitrogens with zero attached hydrogens (tertiary/aromatic N) is 2. The molecule has 1 unspecified atom stereocenters. The van der Waals surface area contributed by atoms with Gasteiger partial charge in [0.1, 0.15) is 11.6 Å². The van der Waals surface area contributed by atoms with Crippen molar-refractivity contribution < 1.29 is 14.2 Å². The SMILES string of the molecule is CCCOc1ccc(C2C(C#N)=C(N)Oc3n[nH]c(CSc4ccc(C)cc4)c32)cc1OC. The number of thioether (sulfide) groups is 1.